The summed E-state index contributed by atoms with van der Waals surface area (Å²) in [6, 6.07) is 0. The molecule has 0 saturated carbocycles. The minimum absolute atomic E-state index is 0.340. The Morgan fingerprint density at radius 3 is 2.58 bits per heavy atom. The number of hydrogen-bond acceptors (Lipinski definition) is 4. The topological polar surface area (TPSA) is 61.5 Å². The lowest BCUT2D eigenvalue weighted by Gasteiger charge is -2.06. The molecule has 72 valence electrons. The first-order valence-corrected chi connectivity index (χ1v) is 4.16. The van der Waals surface area contributed by atoms with Crippen LogP contribution in [0.2, 0.25) is 0 Å². The van der Waals surface area contributed by atoms with Crippen molar-refractivity contribution in [2.75, 3.05) is 19.8 Å². The Kier molecular flexibility index (Phi) is 6.47. The first-order valence-electron chi connectivity index (χ1n) is 4.16. The van der Waals surface area contributed by atoms with Crippen LogP contribution in [0, 0.1) is 5.92 Å². The van der Waals surface area contributed by atoms with Crippen molar-refractivity contribution in [3.63, 3.8) is 0 Å². The van der Waals surface area contributed by atoms with Crippen LogP contribution >= 0.6 is 0 Å². The SMILES string of the molecule is CC(C)COC(=O)OCCCN. The monoisotopic (exact) mass is 175 g/mol. The van der Waals surface area contributed by atoms with Gasteiger partial charge in [-0.3, -0.25) is 0 Å². The molecule has 0 radical (unpaired) electrons. The van der Waals surface area contributed by atoms with Gasteiger partial charge >= 0.3 is 6.16 Å². The second-order valence-corrected chi connectivity index (χ2v) is 2.95. The van der Waals surface area contributed by atoms with Gasteiger partial charge in [0.15, 0.2) is 0 Å². The van der Waals surface area contributed by atoms with Gasteiger partial charge in [-0.2, -0.15) is 0 Å². The lowest BCUT2D eigenvalue weighted by molar-refractivity contribution is 0.0473. The quantitative estimate of drug-likeness (QED) is 0.503. The molecule has 0 aromatic rings. The van der Waals surface area contributed by atoms with Crippen molar-refractivity contribution in [2.45, 2.75) is 20.3 Å². The molecule has 0 amide bonds. The van der Waals surface area contributed by atoms with Crippen molar-refractivity contribution in [3.8, 4) is 0 Å². The Balaban J connectivity index is 3.22. The maximum Gasteiger partial charge on any atom is 0.508 e. The van der Waals surface area contributed by atoms with Gasteiger partial charge in [-0.15, -0.1) is 0 Å². The summed E-state index contributed by atoms with van der Waals surface area (Å²) < 4.78 is 9.44. The van der Waals surface area contributed by atoms with Crippen molar-refractivity contribution in [3.05, 3.63) is 0 Å². The van der Waals surface area contributed by atoms with E-state index < -0.39 is 6.16 Å². The van der Waals surface area contributed by atoms with E-state index in [9.17, 15) is 4.79 Å². The molecule has 0 saturated heterocycles. The molecule has 12 heavy (non-hydrogen) atoms. The van der Waals surface area contributed by atoms with Crippen LogP contribution in [0.5, 0.6) is 0 Å². The van der Waals surface area contributed by atoms with Crippen LogP contribution in [0.15, 0.2) is 0 Å². The summed E-state index contributed by atoms with van der Waals surface area (Å²) in [6.07, 6.45) is 0.0775. The van der Waals surface area contributed by atoms with Gasteiger partial charge in [-0.25, -0.2) is 4.79 Å². The predicted molar refractivity (Wildman–Crippen MR) is 45.8 cm³/mol. The summed E-state index contributed by atoms with van der Waals surface area (Å²) in [4.78, 5) is 10.7. The number of ether oxygens (including phenoxy) is 2. The highest BCUT2D eigenvalue weighted by atomic mass is 16.7. The van der Waals surface area contributed by atoms with Crippen molar-refractivity contribution in [1.82, 2.24) is 0 Å². The summed E-state index contributed by atoms with van der Waals surface area (Å²) in [5, 5.41) is 0. The normalized spacial score (nSPS) is 10.0. The molecule has 0 spiro atoms. The second kappa shape index (κ2) is 6.91. The Bertz CT molecular complexity index is 125. The zero-order valence-electron chi connectivity index (χ0n) is 7.71. The Morgan fingerprint density at radius 1 is 1.42 bits per heavy atom. The van der Waals surface area contributed by atoms with Crippen LogP contribution < -0.4 is 5.73 Å². The van der Waals surface area contributed by atoms with E-state index >= 15 is 0 Å². The summed E-state index contributed by atoms with van der Waals surface area (Å²) in [7, 11) is 0. The predicted octanol–water partition coefficient (Wildman–Crippen LogP) is 1.14. The lowest BCUT2D eigenvalue weighted by Crippen LogP contribution is -2.13. The molecule has 0 aliphatic carbocycles. The van der Waals surface area contributed by atoms with Gasteiger partial charge in [-0.05, 0) is 18.9 Å². The van der Waals surface area contributed by atoms with E-state index in [1.807, 2.05) is 13.8 Å². The minimum atomic E-state index is -0.600. The van der Waals surface area contributed by atoms with Gasteiger partial charge < -0.3 is 15.2 Å². The number of carbonyl (C=O) groups is 1. The highest BCUT2D eigenvalue weighted by molar-refractivity contribution is 5.59. The number of hydrogen-bond donors (Lipinski definition) is 1. The average Bonchev–Trinajstić information content (AvgIpc) is 2.01. The molecule has 0 aromatic carbocycles. The second-order valence-electron chi connectivity index (χ2n) is 2.95. The molecule has 0 aliphatic heterocycles. The third-order valence-electron chi connectivity index (χ3n) is 1.10. The van der Waals surface area contributed by atoms with Crippen LogP contribution in [0.25, 0.3) is 0 Å². The van der Waals surface area contributed by atoms with E-state index in [1.165, 1.54) is 0 Å². The van der Waals surface area contributed by atoms with E-state index in [4.69, 9.17) is 15.2 Å². The van der Waals surface area contributed by atoms with Gasteiger partial charge in [-0.1, -0.05) is 13.8 Å². The average molecular weight is 175 g/mol. The summed E-state index contributed by atoms with van der Waals surface area (Å²) in [6.45, 7) is 5.20. The van der Waals surface area contributed by atoms with Gasteiger partial charge in [0.25, 0.3) is 0 Å². The van der Waals surface area contributed by atoms with E-state index in [0.29, 0.717) is 32.1 Å². The third kappa shape index (κ3) is 7.34. The molecule has 0 rings (SSSR count). The summed E-state index contributed by atoms with van der Waals surface area (Å²) in [5.41, 5.74) is 5.20. The minimum Gasteiger partial charge on any atom is -0.434 e. The van der Waals surface area contributed by atoms with Gasteiger partial charge in [0.05, 0.1) is 13.2 Å². The maximum absolute atomic E-state index is 10.7. The standard InChI is InChI=1S/C8H17NO3/c1-7(2)6-12-8(10)11-5-3-4-9/h7H,3-6,9H2,1-2H3. The maximum atomic E-state index is 10.7. The molecule has 4 nitrogen and oxygen atoms in total. The molecule has 2 N–H and O–H groups in total. The van der Waals surface area contributed by atoms with Crippen molar-refractivity contribution in [2.24, 2.45) is 11.7 Å². The summed E-state index contributed by atoms with van der Waals surface area (Å²) in [5.74, 6) is 0.340. The fourth-order valence-corrected chi connectivity index (χ4v) is 0.515. The third-order valence-corrected chi connectivity index (χ3v) is 1.10. The van der Waals surface area contributed by atoms with Gasteiger partial charge in [0.2, 0.25) is 0 Å². The smallest absolute Gasteiger partial charge is 0.434 e. The van der Waals surface area contributed by atoms with E-state index in [2.05, 4.69) is 0 Å². The van der Waals surface area contributed by atoms with Crippen LogP contribution in [0.1, 0.15) is 20.3 Å². The van der Waals surface area contributed by atoms with Crippen LogP contribution in [-0.2, 0) is 9.47 Å². The van der Waals surface area contributed by atoms with E-state index in [0.717, 1.165) is 0 Å². The summed E-state index contributed by atoms with van der Waals surface area (Å²) >= 11 is 0. The number of rotatable bonds is 5. The van der Waals surface area contributed by atoms with Gasteiger partial charge in [0, 0.05) is 0 Å². The fourth-order valence-electron chi connectivity index (χ4n) is 0.515. The first kappa shape index (κ1) is 11.2. The zero-order chi connectivity index (χ0) is 9.40. The molecular formula is C8H17NO3. The van der Waals surface area contributed by atoms with Crippen LogP contribution in [0.4, 0.5) is 4.79 Å². The number of carbonyl (C=O) groups excluding carboxylic acids is 1. The van der Waals surface area contributed by atoms with Crippen molar-refractivity contribution >= 4 is 6.16 Å². The Hall–Kier alpha value is -0.770. The Morgan fingerprint density at radius 2 is 2.08 bits per heavy atom. The molecule has 0 aliphatic rings. The van der Waals surface area contributed by atoms with Crippen molar-refractivity contribution < 1.29 is 14.3 Å². The molecule has 4 heteroatoms. The molecular weight excluding hydrogens is 158 g/mol. The van der Waals surface area contributed by atoms with Crippen LogP contribution in [0.3, 0.4) is 0 Å². The molecule has 0 heterocycles. The van der Waals surface area contributed by atoms with Gasteiger partial charge in [0.1, 0.15) is 0 Å². The molecule has 0 bridgehead atoms. The Labute approximate surface area is 73.0 Å². The van der Waals surface area contributed by atoms with Crippen LogP contribution in [-0.4, -0.2) is 25.9 Å². The largest absolute Gasteiger partial charge is 0.508 e. The lowest BCUT2D eigenvalue weighted by atomic mass is 10.2. The van der Waals surface area contributed by atoms with Crippen molar-refractivity contribution in [1.29, 1.82) is 0 Å². The molecule has 0 unspecified atom stereocenters. The molecule has 0 fully saturated rings. The molecule has 0 aromatic heterocycles. The molecule has 0 atom stereocenters. The zero-order valence-corrected chi connectivity index (χ0v) is 7.71. The highest BCUT2D eigenvalue weighted by Crippen LogP contribution is 1.94. The number of nitrogens with two attached hydrogens (primary N) is 1. The fraction of sp³-hybridized carbons (Fsp3) is 0.875. The van der Waals surface area contributed by atoms with E-state index in [-0.39, 0.29) is 0 Å². The highest BCUT2D eigenvalue weighted by Gasteiger charge is 2.03. The first-order chi connectivity index (χ1) is 5.66. The van der Waals surface area contributed by atoms with E-state index in [1.54, 1.807) is 0 Å².